The largest absolute Gasteiger partial charge is 0.392 e. The van der Waals surface area contributed by atoms with E-state index in [2.05, 4.69) is 15.3 Å². The van der Waals surface area contributed by atoms with Crippen molar-refractivity contribution in [1.82, 2.24) is 9.97 Å². The maximum Gasteiger partial charge on any atom is 0.293 e. The van der Waals surface area contributed by atoms with Gasteiger partial charge in [0.25, 0.3) is 5.91 Å². The monoisotopic (exact) mass is 365 g/mol. The van der Waals surface area contributed by atoms with E-state index in [1.807, 2.05) is 26.0 Å². The normalized spacial score (nSPS) is 10.7. The third-order valence-electron chi connectivity index (χ3n) is 4.33. The molecule has 6 heteroatoms. The average Bonchev–Trinajstić information content (AvgIpc) is 2.66. The maximum absolute atomic E-state index is 13.5. The van der Waals surface area contributed by atoms with Crippen LogP contribution < -0.4 is 5.32 Å². The summed E-state index contributed by atoms with van der Waals surface area (Å²) in [5.41, 5.74) is 4.91. The van der Waals surface area contributed by atoms with Crippen molar-refractivity contribution in [3.8, 4) is 11.3 Å². The molecule has 0 radical (unpaired) electrons. The first kappa shape index (κ1) is 18.7. The molecule has 0 atom stereocenters. The summed E-state index contributed by atoms with van der Waals surface area (Å²) in [7, 11) is 0. The minimum absolute atomic E-state index is 0.0273. The molecule has 0 unspecified atom stereocenters. The van der Waals surface area contributed by atoms with Crippen LogP contribution in [0.25, 0.3) is 11.3 Å². The van der Waals surface area contributed by atoms with E-state index in [0.717, 1.165) is 16.7 Å². The number of aliphatic hydroxyl groups is 1. The van der Waals surface area contributed by atoms with Crippen LogP contribution in [0.1, 0.15) is 32.9 Å². The quantitative estimate of drug-likeness (QED) is 0.734. The Hall–Kier alpha value is -3.12. The van der Waals surface area contributed by atoms with Gasteiger partial charge in [-0.3, -0.25) is 4.79 Å². The second kappa shape index (κ2) is 7.63. The van der Waals surface area contributed by atoms with Crippen molar-refractivity contribution in [3.05, 3.63) is 76.5 Å². The van der Waals surface area contributed by atoms with Gasteiger partial charge < -0.3 is 10.4 Å². The first-order valence-corrected chi connectivity index (χ1v) is 8.51. The van der Waals surface area contributed by atoms with Crippen molar-refractivity contribution in [2.24, 2.45) is 0 Å². The molecule has 0 spiro atoms. The molecule has 1 heterocycles. The number of nitrogens with one attached hydrogen (secondary N) is 1. The first-order valence-electron chi connectivity index (χ1n) is 8.51. The van der Waals surface area contributed by atoms with E-state index in [1.165, 1.54) is 12.3 Å². The smallest absolute Gasteiger partial charge is 0.293 e. The zero-order valence-corrected chi connectivity index (χ0v) is 15.4. The van der Waals surface area contributed by atoms with Crippen LogP contribution in [0.15, 0.2) is 42.6 Å². The predicted molar refractivity (Wildman–Crippen MR) is 102 cm³/mol. The van der Waals surface area contributed by atoms with Crippen LogP contribution in [0.2, 0.25) is 0 Å². The molecule has 0 aliphatic carbocycles. The number of rotatable bonds is 4. The van der Waals surface area contributed by atoms with E-state index in [1.54, 1.807) is 25.1 Å². The van der Waals surface area contributed by atoms with Gasteiger partial charge in [0.15, 0.2) is 0 Å². The molecule has 1 aromatic heterocycles. The summed E-state index contributed by atoms with van der Waals surface area (Å²) in [6.07, 6.45) is 1.50. The molecule has 0 aliphatic heterocycles. The summed E-state index contributed by atoms with van der Waals surface area (Å²) < 4.78 is 13.5. The van der Waals surface area contributed by atoms with Crippen LogP contribution >= 0.6 is 0 Å². The lowest BCUT2D eigenvalue weighted by molar-refractivity contribution is 0.101. The van der Waals surface area contributed by atoms with E-state index in [-0.39, 0.29) is 18.2 Å². The van der Waals surface area contributed by atoms with Crippen LogP contribution in [-0.2, 0) is 6.61 Å². The highest BCUT2D eigenvalue weighted by Gasteiger charge is 2.14. The fraction of sp³-hybridized carbons (Fsp3) is 0.190. The predicted octanol–water partition coefficient (Wildman–Crippen LogP) is 3.95. The van der Waals surface area contributed by atoms with Gasteiger partial charge in [0.05, 0.1) is 12.3 Å². The minimum atomic E-state index is -0.432. The standard InChI is InChI=1S/C21H20FN3O2/c1-12-10-16(4-5-17(12)22)18-6-7-23-20(24-18)21(27)25-19-13(2)8-15(11-26)9-14(19)3/h4-10,26H,11H2,1-3H3,(H,25,27). The number of hydrogen-bond acceptors (Lipinski definition) is 4. The van der Waals surface area contributed by atoms with Crippen molar-refractivity contribution in [3.63, 3.8) is 0 Å². The summed E-state index contributed by atoms with van der Waals surface area (Å²) in [5, 5.41) is 12.1. The Bertz CT molecular complexity index is 995. The molecule has 2 N–H and O–H groups in total. The molecule has 0 fully saturated rings. The summed E-state index contributed by atoms with van der Waals surface area (Å²) in [6, 6.07) is 10.00. The van der Waals surface area contributed by atoms with Gasteiger partial charge in [-0.05, 0) is 67.3 Å². The Morgan fingerprint density at radius 1 is 1.07 bits per heavy atom. The van der Waals surface area contributed by atoms with Crippen LogP contribution in [0.3, 0.4) is 0 Å². The number of anilines is 1. The van der Waals surface area contributed by atoms with E-state index < -0.39 is 5.91 Å². The molecule has 2 aromatic carbocycles. The second-order valence-corrected chi connectivity index (χ2v) is 6.45. The topological polar surface area (TPSA) is 75.1 Å². The highest BCUT2D eigenvalue weighted by molar-refractivity contribution is 6.02. The van der Waals surface area contributed by atoms with Crippen molar-refractivity contribution in [2.45, 2.75) is 27.4 Å². The number of hydrogen-bond donors (Lipinski definition) is 2. The van der Waals surface area contributed by atoms with Gasteiger partial charge in [-0.15, -0.1) is 0 Å². The molecule has 3 rings (SSSR count). The molecular formula is C21H20FN3O2. The fourth-order valence-corrected chi connectivity index (χ4v) is 2.94. The Labute approximate surface area is 156 Å². The summed E-state index contributed by atoms with van der Waals surface area (Å²) in [5.74, 6) is -0.693. The summed E-state index contributed by atoms with van der Waals surface area (Å²) in [4.78, 5) is 21.0. The van der Waals surface area contributed by atoms with Crippen LogP contribution in [0.5, 0.6) is 0 Å². The molecule has 5 nitrogen and oxygen atoms in total. The molecular weight excluding hydrogens is 345 g/mol. The number of amides is 1. The van der Waals surface area contributed by atoms with Gasteiger partial charge in [0.1, 0.15) is 5.82 Å². The summed E-state index contributed by atoms with van der Waals surface area (Å²) in [6.45, 7) is 5.34. The van der Waals surface area contributed by atoms with Gasteiger partial charge in [0, 0.05) is 17.4 Å². The minimum Gasteiger partial charge on any atom is -0.392 e. The van der Waals surface area contributed by atoms with E-state index >= 15 is 0 Å². The number of aromatic nitrogens is 2. The van der Waals surface area contributed by atoms with Crippen LogP contribution in [-0.4, -0.2) is 21.0 Å². The molecule has 0 saturated carbocycles. The molecule has 1 amide bonds. The fourth-order valence-electron chi connectivity index (χ4n) is 2.94. The van der Waals surface area contributed by atoms with Crippen LogP contribution in [0, 0.1) is 26.6 Å². The molecule has 0 aliphatic rings. The SMILES string of the molecule is Cc1cc(-c2ccnc(C(=O)Nc3c(C)cc(CO)cc3C)n2)ccc1F. The lowest BCUT2D eigenvalue weighted by Crippen LogP contribution is -2.17. The molecule has 0 saturated heterocycles. The number of nitrogens with zero attached hydrogens (tertiary/aromatic N) is 2. The highest BCUT2D eigenvalue weighted by atomic mass is 19.1. The van der Waals surface area contributed by atoms with Crippen molar-refractivity contribution < 1.29 is 14.3 Å². The number of benzene rings is 2. The zero-order valence-electron chi connectivity index (χ0n) is 15.4. The van der Waals surface area contributed by atoms with Crippen molar-refractivity contribution >= 4 is 11.6 Å². The van der Waals surface area contributed by atoms with Crippen molar-refractivity contribution in [1.29, 1.82) is 0 Å². The molecule has 138 valence electrons. The third-order valence-corrected chi connectivity index (χ3v) is 4.33. The van der Waals surface area contributed by atoms with Gasteiger partial charge in [-0.1, -0.05) is 12.1 Å². The first-order chi connectivity index (χ1) is 12.9. The van der Waals surface area contributed by atoms with E-state index in [0.29, 0.717) is 22.5 Å². The van der Waals surface area contributed by atoms with E-state index in [4.69, 9.17) is 0 Å². The Balaban J connectivity index is 1.89. The summed E-state index contributed by atoms with van der Waals surface area (Å²) >= 11 is 0. The van der Waals surface area contributed by atoms with Crippen LogP contribution in [0.4, 0.5) is 10.1 Å². The van der Waals surface area contributed by atoms with Gasteiger partial charge in [-0.25, -0.2) is 14.4 Å². The number of aryl methyl sites for hydroxylation is 3. The number of carbonyl (C=O) groups excluding carboxylic acids is 1. The van der Waals surface area contributed by atoms with E-state index in [9.17, 15) is 14.3 Å². The third kappa shape index (κ3) is 4.01. The number of carbonyl (C=O) groups is 1. The number of aliphatic hydroxyl groups excluding tert-OH is 1. The Morgan fingerprint density at radius 2 is 1.78 bits per heavy atom. The number of halogens is 1. The van der Waals surface area contributed by atoms with Gasteiger partial charge in [-0.2, -0.15) is 0 Å². The van der Waals surface area contributed by atoms with Gasteiger partial charge in [0.2, 0.25) is 5.82 Å². The van der Waals surface area contributed by atoms with Crippen molar-refractivity contribution in [2.75, 3.05) is 5.32 Å². The Kier molecular flexibility index (Phi) is 5.28. The zero-order chi connectivity index (χ0) is 19.6. The highest BCUT2D eigenvalue weighted by Crippen LogP contribution is 2.23. The Morgan fingerprint density at radius 3 is 2.41 bits per heavy atom. The molecule has 0 bridgehead atoms. The molecule has 3 aromatic rings. The van der Waals surface area contributed by atoms with Gasteiger partial charge >= 0.3 is 0 Å². The molecule has 27 heavy (non-hydrogen) atoms. The second-order valence-electron chi connectivity index (χ2n) is 6.45. The maximum atomic E-state index is 13.5. The lowest BCUT2D eigenvalue weighted by Gasteiger charge is -2.13. The lowest BCUT2D eigenvalue weighted by atomic mass is 10.0. The average molecular weight is 365 g/mol.